The van der Waals surface area contributed by atoms with E-state index in [0.717, 1.165) is 29.8 Å². The summed E-state index contributed by atoms with van der Waals surface area (Å²) < 4.78 is 2.26. The molecule has 26 heavy (non-hydrogen) atoms. The quantitative estimate of drug-likeness (QED) is 0.401. The smallest absolute Gasteiger partial charge is 0.243 e. The lowest BCUT2D eigenvalue weighted by atomic mass is 10.1. The van der Waals surface area contributed by atoms with Gasteiger partial charge in [-0.1, -0.05) is 70.6 Å². The van der Waals surface area contributed by atoms with E-state index in [4.69, 9.17) is 4.98 Å². The largest absolute Gasteiger partial charge is 0.343 e. The molecule has 2 rings (SSSR count). The van der Waals surface area contributed by atoms with Crippen molar-refractivity contribution in [2.45, 2.75) is 77.8 Å². The molecule has 0 aliphatic rings. The molecule has 1 aromatic heterocycles. The molecule has 1 atom stereocenters. The molecule has 0 aliphatic carbocycles. The fraction of sp³-hybridized carbons (Fsp3) is 0.545. The van der Waals surface area contributed by atoms with Crippen LogP contribution in [0.15, 0.2) is 36.9 Å². The van der Waals surface area contributed by atoms with E-state index in [2.05, 4.69) is 29.5 Å². The second-order valence-electron chi connectivity index (χ2n) is 7.02. The lowest BCUT2D eigenvalue weighted by Crippen LogP contribution is -2.27. The molecule has 142 valence electrons. The summed E-state index contributed by atoms with van der Waals surface area (Å²) in [5.74, 6) is 0.757. The lowest BCUT2D eigenvalue weighted by Gasteiger charge is -2.15. The zero-order valence-corrected chi connectivity index (χ0v) is 16.3. The summed E-state index contributed by atoms with van der Waals surface area (Å²) in [4.78, 5) is 16.4. The number of nitrogens with one attached hydrogen (secondary N) is 1. The van der Waals surface area contributed by atoms with Crippen molar-refractivity contribution in [2.75, 3.05) is 0 Å². The van der Waals surface area contributed by atoms with Gasteiger partial charge in [0.15, 0.2) is 0 Å². The Kier molecular flexibility index (Phi) is 8.39. The normalized spacial score (nSPS) is 12.2. The van der Waals surface area contributed by atoms with E-state index in [0.29, 0.717) is 0 Å². The summed E-state index contributed by atoms with van der Waals surface area (Å²) >= 11 is 0. The lowest BCUT2D eigenvalue weighted by molar-refractivity contribution is -0.117. The summed E-state index contributed by atoms with van der Waals surface area (Å²) in [5, 5.41) is 2.94. The number of carbonyl (C=O) groups excluding carboxylic acids is 1. The van der Waals surface area contributed by atoms with Crippen LogP contribution in [0, 0.1) is 0 Å². The van der Waals surface area contributed by atoms with Crippen molar-refractivity contribution in [3.8, 4) is 0 Å². The highest BCUT2D eigenvalue weighted by Gasteiger charge is 2.17. The molecular weight excluding hydrogens is 322 g/mol. The Balaban J connectivity index is 1.97. The number of amides is 1. The van der Waals surface area contributed by atoms with Crippen molar-refractivity contribution >= 4 is 16.9 Å². The number of fused-ring (bicyclic) bond motifs is 1. The van der Waals surface area contributed by atoms with Gasteiger partial charge in [0.05, 0.1) is 17.1 Å². The van der Waals surface area contributed by atoms with E-state index in [9.17, 15) is 4.79 Å². The first-order chi connectivity index (χ1) is 12.7. The van der Waals surface area contributed by atoms with Crippen molar-refractivity contribution in [1.29, 1.82) is 0 Å². The molecule has 0 radical (unpaired) electrons. The third-order valence-electron chi connectivity index (χ3n) is 4.85. The van der Waals surface area contributed by atoms with Crippen LogP contribution in [0.5, 0.6) is 0 Å². The minimum absolute atomic E-state index is 0.137. The topological polar surface area (TPSA) is 46.9 Å². The van der Waals surface area contributed by atoms with Gasteiger partial charge in [-0.3, -0.25) is 4.79 Å². The third kappa shape index (κ3) is 5.72. The van der Waals surface area contributed by atoms with Gasteiger partial charge in [0, 0.05) is 6.54 Å². The zero-order chi connectivity index (χ0) is 18.8. The Labute approximate surface area is 157 Å². The van der Waals surface area contributed by atoms with Gasteiger partial charge < -0.3 is 9.88 Å². The van der Waals surface area contributed by atoms with Crippen molar-refractivity contribution in [2.24, 2.45) is 0 Å². The fourth-order valence-corrected chi connectivity index (χ4v) is 3.40. The molecule has 1 amide bonds. The first kappa shape index (κ1) is 20.2. The van der Waals surface area contributed by atoms with Crippen LogP contribution < -0.4 is 5.32 Å². The van der Waals surface area contributed by atoms with E-state index in [1.807, 2.05) is 25.1 Å². The molecule has 0 bridgehead atoms. The van der Waals surface area contributed by atoms with Crippen LogP contribution >= 0.6 is 0 Å². The first-order valence-electron chi connectivity index (χ1n) is 10.1. The number of rotatable bonds is 12. The van der Waals surface area contributed by atoms with E-state index in [-0.39, 0.29) is 11.9 Å². The highest BCUT2D eigenvalue weighted by atomic mass is 16.1. The molecule has 1 unspecified atom stereocenters. The Bertz CT molecular complexity index is 704. The number of hydrogen-bond donors (Lipinski definition) is 1. The molecule has 0 saturated carbocycles. The second-order valence-corrected chi connectivity index (χ2v) is 7.02. The standard InChI is InChI=1S/C22H33N3O/c1-4-6-7-8-9-10-11-14-17-25-20-16-13-12-15-19(20)24-22(25)18(3)23-21(26)5-2/h5,12-13,15-16,18H,2,4,6-11,14,17H2,1,3H3,(H,23,26). The molecule has 0 spiro atoms. The number of benzene rings is 1. The predicted octanol–water partition coefficient (Wildman–Crippen LogP) is 5.54. The Morgan fingerprint density at radius 2 is 1.81 bits per heavy atom. The average molecular weight is 356 g/mol. The molecule has 0 fully saturated rings. The van der Waals surface area contributed by atoms with Crippen molar-refractivity contribution < 1.29 is 4.79 Å². The number of imidazole rings is 1. The van der Waals surface area contributed by atoms with Crippen LogP contribution in [0.4, 0.5) is 0 Å². The summed E-state index contributed by atoms with van der Waals surface area (Å²) in [6.07, 6.45) is 11.7. The van der Waals surface area contributed by atoms with Crippen LogP contribution in [-0.2, 0) is 11.3 Å². The van der Waals surface area contributed by atoms with Gasteiger partial charge in [-0.2, -0.15) is 0 Å². The number of aryl methyl sites for hydroxylation is 1. The predicted molar refractivity (Wildman–Crippen MR) is 109 cm³/mol. The van der Waals surface area contributed by atoms with Crippen LogP contribution in [0.2, 0.25) is 0 Å². The van der Waals surface area contributed by atoms with Crippen LogP contribution in [0.25, 0.3) is 11.0 Å². The van der Waals surface area contributed by atoms with Crippen LogP contribution in [0.1, 0.15) is 77.1 Å². The van der Waals surface area contributed by atoms with Gasteiger partial charge in [-0.05, 0) is 31.6 Å². The highest BCUT2D eigenvalue weighted by Crippen LogP contribution is 2.22. The van der Waals surface area contributed by atoms with Crippen molar-refractivity contribution in [3.05, 3.63) is 42.7 Å². The summed E-state index contributed by atoms with van der Waals surface area (Å²) in [6, 6.07) is 8.06. The van der Waals surface area contributed by atoms with Gasteiger partial charge in [0.25, 0.3) is 0 Å². The maximum atomic E-state index is 11.7. The van der Waals surface area contributed by atoms with Crippen molar-refractivity contribution in [1.82, 2.24) is 14.9 Å². The number of unbranched alkanes of at least 4 members (excludes halogenated alkanes) is 7. The van der Waals surface area contributed by atoms with E-state index in [1.54, 1.807) is 0 Å². The molecule has 0 saturated heterocycles. The summed E-state index contributed by atoms with van der Waals surface area (Å²) in [5.41, 5.74) is 2.13. The van der Waals surface area contributed by atoms with E-state index in [1.165, 1.54) is 51.0 Å². The molecule has 1 N–H and O–H groups in total. The number of hydrogen-bond acceptors (Lipinski definition) is 2. The molecule has 1 heterocycles. The minimum atomic E-state index is -0.164. The van der Waals surface area contributed by atoms with E-state index < -0.39 is 0 Å². The molecule has 4 heteroatoms. The van der Waals surface area contributed by atoms with Gasteiger partial charge in [0.1, 0.15) is 5.82 Å². The Morgan fingerprint density at radius 3 is 2.50 bits per heavy atom. The van der Waals surface area contributed by atoms with Gasteiger partial charge in [-0.15, -0.1) is 0 Å². The van der Waals surface area contributed by atoms with Crippen molar-refractivity contribution in [3.63, 3.8) is 0 Å². The number of carbonyl (C=O) groups is 1. The average Bonchev–Trinajstić information content (AvgIpc) is 3.02. The third-order valence-corrected chi connectivity index (χ3v) is 4.85. The number of aromatic nitrogens is 2. The molecule has 0 aliphatic heterocycles. The van der Waals surface area contributed by atoms with Gasteiger partial charge in [0.2, 0.25) is 5.91 Å². The maximum absolute atomic E-state index is 11.7. The maximum Gasteiger partial charge on any atom is 0.243 e. The Hall–Kier alpha value is -2.10. The number of para-hydroxylation sites is 2. The first-order valence-corrected chi connectivity index (χ1v) is 10.1. The number of nitrogens with zero attached hydrogens (tertiary/aromatic N) is 2. The van der Waals surface area contributed by atoms with E-state index >= 15 is 0 Å². The molecule has 4 nitrogen and oxygen atoms in total. The molecule has 2 aromatic rings. The SMILES string of the molecule is C=CC(=O)NC(C)c1nc2ccccc2n1CCCCCCCCCC. The second kappa shape index (κ2) is 10.8. The van der Waals surface area contributed by atoms with Crippen LogP contribution in [0.3, 0.4) is 0 Å². The molecular formula is C22H33N3O. The highest BCUT2D eigenvalue weighted by molar-refractivity contribution is 5.87. The summed E-state index contributed by atoms with van der Waals surface area (Å²) in [6.45, 7) is 8.71. The van der Waals surface area contributed by atoms with Gasteiger partial charge >= 0.3 is 0 Å². The molecule has 1 aromatic carbocycles. The minimum Gasteiger partial charge on any atom is -0.343 e. The zero-order valence-electron chi connectivity index (χ0n) is 16.3. The fourth-order valence-electron chi connectivity index (χ4n) is 3.40. The van der Waals surface area contributed by atoms with Crippen LogP contribution in [-0.4, -0.2) is 15.5 Å². The summed E-state index contributed by atoms with van der Waals surface area (Å²) in [7, 11) is 0. The van der Waals surface area contributed by atoms with Gasteiger partial charge in [-0.25, -0.2) is 4.98 Å². The Morgan fingerprint density at radius 1 is 1.15 bits per heavy atom. The monoisotopic (exact) mass is 355 g/mol.